The van der Waals surface area contributed by atoms with Crippen molar-refractivity contribution in [3.8, 4) is 11.8 Å². The number of imidazole rings is 1. The zero-order valence-electron chi connectivity index (χ0n) is 13.0. The molecule has 1 aromatic heterocycles. The highest BCUT2D eigenvalue weighted by Gasteiger charge is 2.32. The molecule has 0 saturated heterocycles. The number of nitrogens with zero attached hydrogens (tertiary/aromatic N) is 3. The van der Waals surface area contributed by atoms with Gasteiger partial charge in [-0.25, -0.2) is 14.3 Å². The Morgan fingerprint density at radius 2 is 2.08 bits per heavy atom. The molecule has 2 heterocycles. The topological polar surface area (TPSA) is 79.9 Å². The lowest BCUT2D eigenvalue weighted by molar-refractivity contribution is 0.245. The van der Waals surface area contributed by atoms with Gasteiger partial charge in [-0.3, -0.25) is 0 Å². The fraction of sp³-hybridized carbons (Fsp3) is 0.167. The Bertz CT molecular complexity index is 983. The number of aromatic nitrogens is 2. The summed E-state index contributed by atoms with van der Waals surface area (Å²) in [5.41, 5.74) is 2.98. The van der Waals surface area contributed by atoms with Crippen LogP contribution in [0.5, 0.6) is 5.75 Å². The van der Waals surface area contributed by atoms with E-state index in [4.69, 9.17) is 10.00 Å². The molecule has 0 spiro atoms. The molecule has 0 saturated carbocycles. The van der Waals surface area contributed by atoms with Gasteiger partial charge in [0.2, 0.25) is 0 Å². The van der Waals surface area contributed by atoms with Crippen LogP contribution in [-0.4, -0.2) is 22.7 Å². The van der Waals surface area contributed by atoms with Gasteiger partial charge in [-0.2, -0.15) is 5.26 Å². The second-order valence-electron chi connectivity index (χ2n) is 5.67. The largest absolute Gasteiger partial charge is 0.497 e. The molecular weight excluding hydrogens is 304 g/mol. The predicted octanol–water partition coefficient (Wildman–Crippen LogP) is 2.77. The summed E-state index contributed by atoms with van der Waals surface area (Å²) >= 11 is 0. The minimum Gasteiger partial charge on any atom is -0.497 e. The molecule has 2 aromatic carbocycles. The van der Waals surface area contributed by atoms with Gasteiger partial charge in [-0.15, -0.1) is 0 Å². The maximum atomic E-state index is 12.4. The van der Waals surface area contributed by atoms with Crippen molar-refractivity contribution < 1.29 is 9.53 Å². The van der Waals surface area contributed by atoms with Crippen LogP contribution in [0, 0.1) is 11.3 Å². The lowest BCUT2D eigenvalue weighted by Gasteiger charge is -2.09. The molecule has 6 nitrogen and oxygen atoms in total. The number of carbonyl (C=O) groups excluding carboxylic acids is 1. The van der Waals surface area contributed by atoms with Crippen LogP contribution < -0.4 is 10.1 Å². The van der Waals surface area contributed by atoms with E-state index < -0.39 is 0 Å². The number of amides is 1. The Kier molecular flexibility index (Phi) is 3.21. The first-order valence-electron chi connectivity index (χ1n) is 7.56. The summed E-state index contributed by atoms with van der Waals surface area (Å²) in [7, 11) is 1.63. The maximum absolute atomic E-state index is 12.4. The number of rotatable bonds is 3. The zero-order valence-corrected chi connectivity index (χ0v) is 13.0. The van der Waals surface area contributed by atoms with E-state index in [0.717, 1.165) is 16.8 Å². The van der Waals surface area contributed by atoms with Crippen molar-refractivity contribution in [3.63, 3.8) is 0 Å². The van der Waals surface area contributed by atoms with Gasteiger partial charge < -0.3 is 10.1 Å². The van der Waals surface area contributed by atoms with Crippen molar-refractivity contribution in [3.05, 3.63) is 59.4 Å². The molecular formula is C18H14N4O2. The number of fused-ring (bicyclic) bond motifs is 3. The van der Waals surface area contributed by atoms with E-state index in [1.54, 1.807) is 29.9 Å². The molecule has 1 atom stereocenters. The van der Waals surface area contributed by atoms with Crippen molar-refractivity contribution in [2.24, 2.45) is 0 Å². The van der Waals surface area contributed by atoms with Gasteiger partial charge in [0.05, 0.1) is 35.8 Å². The fourth-order valence-electron chi connectivity index (χ4n) is 3.03. The molecule has 0 bridgehead atoms. The molecule has 1 aliphatic rings. The first-order valence-corrected chi connectivity index (χ1v) is 7.56. The predicted molar refractivity (Wildman–Crippen MR) is 87.8 cm³/mol. The van der Waals surface area contributed by atoms with Crippen molar-refractivity contribution in [1.82, 2.24) is 14.9 Å². The lowest BCUT2D eigenvalue weighted by Crippen LogP contribution is -2.22. The van der Waals surface area contributed by atoms with Crippen LogP contribution in [-0.2, 0) is 6.42 Å². The van der Waals surface area contributed by atoms with Crippen molar-refractivity contribution in [2.45, 2.75) is 12.5 Å². The van der Waals surface area contributed by atoms with E-state index in [-0.39, 0.29) is 12.1 Å². The summed E-state index contributed by atoms with van der Waals surface area (Å²) in [6, 6.07) is 14.6. The van der Waals surface area contributed by atoms with Crippen molar-refractivity contribution >= 4 is 17.1 Å². The smallest absolute Gasteiger partial charge is 0.328 e. The minimum atomic E-state index is -0.207. The SMILES string of the molecule is COc1ccc(C[C@H]2NC(=O)n3c2nc2ccc(C#N)cc23)cc1. The van der Waals surface area contributed by atoms with Gasteiger partial charge in [-0.05, 0) is 42.3 Å². The fourth-order valence-corrected chi connectivity index (χ4v) is 3.03. The number of nitrogens with one attached hydrogen (secondary N) is 1. The van der Waals surface area contributed by atoms with E-state index >= 15 is 0 Å². The number of nitriles is 1. The van der Waals surface area contributed by atoms with Gasteiger partial charge >= 0.3 is 6.03 Å². The monoisotopic (exact) mass is 318 g/mol. The normalized spacial score (nSPS) is 15.8. The highest BCUT2D eigenvalue weighted by atomic mass is 16.5. The first-order chi connectivity index (χ1) is 11.7. The van der Waals surface area contributed by atoms with Gasteiger partial charge in [0.15, 0.2) is 0 Å². The standard InChI is InChI=1S/C18H14N4O2/c1-24-13-5-2-11(3-6-13)8-15-17-20-14-7-4-12(10-19)9-16(14)22(17)18(23)21-15/h2-7,9,15H,8H2,1H3,(H,21,23)/t15-/m1/s1. The van der Waals surface area contributed by atoms with Crippen LogP contribution >= 0.6 is 0 Å². The van der Waals surface area contributed by atoms with E-state index in [9.17, 15) is 4.79 Å². The molecule has 1 amide bonds. The van der Waals surface area contributed by atoms with Crippen LogP contribution in [0.25, 0.3) is 11.0 Å². The summed E-state index contributed by atoms with van der Waals surface area (Å²) in [5, 5.41) is 12.0. The first kappa shape index (κ1) is 14.3. The van der Waals surface area contributed by atoms with E-state index in [1.165, 1.54) is 0 Å². The third kappa shape index (κ3) is 2.18. The zero-order chi connectivity index (χ0) is 16.7. The number of ether oxygens (including phenoxy) is 1. The number of hydrogen-bond donors (Lipinski definition) is 1. The van der Waals surface area contributed by atoms with Gasteiger partial charge in [0, 0.05) is 0 Å². The van der Waals surface area contributed by atoms with Crippen molar-refractivity contribution in [2.75, 3.05) is 7.11 Å². The Hall–Kier alpha value is -3.33. The van der Waals surface area contributed by atoms with E-state index in [0.29, 0.717) is 23.3 Å². The van der Waals surface area contributed by atoms with Crippen molar-refractivity contribution in [1.29, 1.82) is 5.26 Å². The average molecular weight is 318 g/mol. The minimum absolute atomic E-state index is 0.191. The van der Waals surface area contributed by atoms with Gasteiger partial charge in [0.25, 0.3) is 0 Å². The highest BCUT2D eigenvalue weighted by molar-refractivity contribution is 5.93. The van der Waals surface area contributed by atoms with E-state index in [2.05, 4.69) is 16.4 Å². The summed E-state index contributed by atoms with van der Waals surface area (Å²) in [5.74, 6) is 1.48. The summed E-state index contributed by atoms with van der Waals surface area (Å²) in [6.45, 7) is 0. The molecule has 1 aliphatic heterocycles. The highest BCUT2D eigenvalue weighted by Crippen LogP contribution is 2.29. The molecule has 3 aromatic rings. The Morgan fingerprint density at radius 3 is 2.79 bits per heavy atom. The number of hydrogen-bond acceptors (Lipinski definition) is 4. The number of methoxy groups -OCH3 is 1. The number of benzene rings is 2. The molecule has 0 unspecified atom stereocenters. The molecule has 118 valence electrons. The third-order valence-corrected chi connectivity index (χ3v) is 4.22. The van der Waals surface area contributed by atoms with Crippen LogP contribution in [0.2, 0.25) is 0 Å². The second-order valence-corrected chi connectivity index (χ2v) is 5.67. The summed E-state index contributed by atoms with van der Waals surface area (Å²) in [4.78, 5) is 16.9. The van der Waals surface area contributed by atoms with Crippen LogP contribution in [0.15, 0.2) is 42.5 Å². The Morgan fingerprint density at radius 1 is 1.29 bits per heavy atom. The van der Waals surface area contributed by atoms with Gasteiger partial charge in [0.1, 0.15) is 11.6 Å². The van der Waals surface area contributed by atoms with Crippen LogP contribution in [0.3, 0.4) is 0 Å². The lowest BCUT2D eigenvalue weighted by atomic mass is 10.1. The molecule has 24 heavy (non-hydrogen) atoms. The molecule has 1 N–H and O–H groups in total. The molecule has 6 heteroatoms. The van der Waals surface area contributed by atoms with Gasteiger partial charge in [-0.1, -0.05) is 12.1 Å². The summed E-state index contributed by atoms with van der Waals surface area (Å²) < 4.78 is 6.72. The average Bonchev–Trinajstić information content (AvgIpc) is 3.13. The molecule has 0 radical (unpaired) electrons. The van der Waals surface area contributed by atoms with Crippen LogP contribution in [0.4, 0.5) is 4.79 Å². The summed E-state index contributed by atoms with van der Waals surface area (Å²) in [6.07, 6.45) is 0.643. The van der Waals surface area contributed by atoms with E-state index in [1.807, 2.05) is 24.3 Å². The van der Waals surface area contributed by atoms with Crippen LogP contribution in [0.1, 0.15) is 23.0 Å². The second kappa shape index (κ2) is 5.39. The molecule has 4 rings (SSSR count). The molecule has 0 fully saturated rings. The quantitative estimate of drug-likeness (QED) is 0.805. The number of carbonyl (C=O) groups is 1. The maximum Gasteiger partial charge on any atom is 0.328 e. The molecule has 0 aliphatic carbocycles. The Balaban J connectivity index is 1.71. The Labute approximate surface area is 138 Å². The third-order valence-electron chi connectivity index (χ3n) is 4.22.